The van der Waals surface area contributed by atoms with E-state index in [1.165, 1.54) is 17.8 Å². The molecule has 2 aromatic rings. The zero-order valence-corrected chi connectivity index (χ0v) is 16.8. The van der Waals surface area contributed by atoms with Crippen LogP contribution in [0.2, 0.25) is 0 Å². The average Bonchev–Trinajstić information content (AvgIpc) is 2.69. The molecule has 28 heavy (non-hydrogen) atoms. The molecule has 1 atom stereocenters. The number of thioether (sulfide) groups is 1. The molecule has 5 nitrogen and oxygen atoms in total. The van der Waals surface area contributed by atoms with Crippen molar-refractivity contribution in [1.82, 2.24) is 5.32 Å². The maximum absolute atomic E-state index is 12.4. The number of ether oxygens (including phenoxy) is 1. The molecule has 0 saturated carbocycles. The number of para-hydroxylation sites is 1. The summed E-state index contributed by atoms with van der Waals surface area (Å²) in [5, 5.41) is 5.72. The minimum Gasteiger partial charge on any atom is -0.494 e. The number of fused-ring (bicyclic) bond motifs is 1. The van der Waals surface area contributed by atoms with E-state index in [2.05, 4.69) is 17.6 Å². The van der Waals surface area contributed by atoms with E-state index in [1.807, 2.05) is 55.5 Å². The topological polar surface area (TPSA) is 67.4 Å². The van der Waals surface area contributed by atoms with Gasteiger partial charge in [0.2, 0.25) is 5.91 Å². The van der Waals surface area contributed by atoms with Gasteiger partial charge in [-0.2, -0.15) is 0 Å². The van der Waals surface area contributed by atoms with Gasteiger partial charge in [-0.15, -0.1) is 0 Å². The Labute approximate surface area is 169 Å². The van der Waals surface area contributed by atoms with Gasteiger partial charge in [-0.1, -0.05) is 49.4 Å². The minimum atomic E-state index is -0.298. The molecule has 2 aromatic carbocycles. The van der Waals surface area contributed by atoms with Gasteiger partial charge in [-0.25, -0.2) is 0 Å². The third-order valence-electron chi connectivity index (χ3n) is 4.35. The van der Waals surface area contributed by atoms with Crippen LogP contribution < -0.4 is 15.4 Å². The second-order valence-corrected chi connectivity index (χ2v) is 7.65. The molecule has 0 saturated heterocycles. The monoisotopic (exact) mass is 396 g/mol. The van der Waals surface area contributed by atoms with Gasteiger partial charge in [-0.05, 0) is 43.2 Å². The Kier molecular flexibility index (Phi) is 6.76. The SMILES string of the molecule is CCCCOc1ccc([C@H](C)NC(=O)/C=C2\Sc3ccccc3NC2=O)cc1. The van der Waals surface area contributed by atoms with Gasteiger partial charge in [-0.3, -0.25) is 9.59 Å². The predicted molar refractivity (Wildman–Crippen MR) is 112 cm³/mol. The van der Waals surface area contributed by atoms with E-state index in [1.54, 1.807) is 0 Å². The van der Waals surface area contributed by atoms with Crippen molar-refractivity contribution in [2.45, 2.75) is 37.6 Å². The quantitative estimate of drug-likeness (QED) is 0.527. The van der Waals surface area contributed by atoms with Gasteiger partial charge in [0.1, 0.15) is 5.75 Å². The zero-order valence-electron chi connectivity index (χ0n) is 16.0. The Bertz CT molecular complexity index is 878. The third kappa shape index (κ3) is 5.16. The van der Waals surface area contributed by atoms with Crippen LogP contribution in [0.25, 0.3) is 0 Å². The minimum absolute atomic E-state index is 0.182. The maximum atomic E-state index is 12.4. The van der Waals surface area contributed by atoms with E-state index in [0.29, 0.717) is 11.5 Å². The van der Waals surface area contributed by atoms with E-state index >= 15 is 0 Å². The smallest absolute Gasteiger partial charge is 0.262 e. The highest BCUT2D eigenvalue weighted by Gasteiger charge is 2.21. The molecule has 6 heteroatoms. The molecule has 2 amide bonds. The lowest BCUT2D eigenvalue weighted by atomic mass is 10.1. The number of rotatable bonds is 7. The number of nitrogens with one attached hydrogen (secondary N) is 2. The van der Waals surface area contributed by atoms with E-state index in [0.717, 1.165) is 34.7 Å². The number of benzene rings is 2. The van der Waals surface area contributed by atoms with Crippen molar-refractivity contribution in [3.63, 3.8) is 0 Å². The molecule has 0 aromatic heterocycles. The van der Waals surface area contributed by atoms with Crippen molar-refractivity contribution in [2.24, 2.45) is 0 Å². The summed E-state index contributed by atoms with van der Waals surface area (Å²) in [6.07, 6.45) is 3.48. The van der Waals surface area contributed by atoms with Crippen molar-refractivity contribution in [3.8, 4) is 5.75 Å². The van der Waals surface area contributed by atoms with Crippen LogP contribution in [0, 0.1) is 0 Å². The summed E-state index contributed by atoms with van der Waals surface area (Å²) in [7, 11) is 0. The highest BCUT2D eigenvalue weighted by Crippen LogP contribution is 2.37. The molecule has 0 fully saturated rings. The summed E-state index contributed by atoms with van der Waals surface area (Å²) in [6, 6.07) is 15.0. The van der Waals surface area contributed by atoms with Gasteiger partial charge in [0.25, 0.3) is 5.91 Å². The molecule has 1 heterocycles. The molecule has 1 aliphatic rings. The molecule has 0 spiro atoms. The molecular weight excluding hydrogens is 372 g/mol. The van der Waals surface area contributed by atoms with Gasteiger partial charge in [0, 0.05) is 11.0 Å². The Balaban J connectivity index is 1.60. The fourth-order valence-electron chi connectivity index (χ4n) is 2.75. The lowest BCUT2D eigenvalue weighted by molar-refractivity contribution is -0.118. The van der Waals surface area contributed by atoms with Crippen LogP contribution in [0.5, 0.6) is 5.75 Å². The first-order valence-corrected chi connectivity index (χ1v) is 10.2. The van der Waals surface area contributed by atoms with Crippen LogP contribution in [0.15, 0.2) is 64.4 Å². The Hall–Kier alpha value is -2.73. The molecule has 3 rings (SSSR count). The maximum Gasteiger partial charge on any atom is 0.262 e. The largest absolute Gasteiger partial charge is 0.494 e. The molecule has 0 aliphatic carbocycles. The molecule has 1 aliphatic heterocycles. The summed E-state index contributed by atoms with van der Waals surface area (Å²) in [4.78, 5) is 25.9. The van der Waals surface area contributed by atoms with Crippen molar-refractivity contribution >= 4 is 29.3 Å². The van der Waals surface area contributed by atoms with E-state index in [4.69, 9.17) is 4.74 Å². The first-order chi connectivity index (χ1) is 13.6. The lowest BCUT2D eigenvalue weighted by Crippen LogP contribution is -2.26. The highest BCUT2D eigenvalue weighted by atomic mass is 32.2. The van der Waals surface area contributed by atoms with Crippen molar-refractivity contribution in [2.75, 3.05) is 11.9 Å². The van der Waals surface area contributed by atoms with E-state index in [-0.39, 0.29) is 17.9 Å². The summed E-state index contributed by atoms with van der Waals surface area (Å²) < 4.78 is 5.66. The average molecular weight is 397 g/mol. The Morgan fingerprint density at radius 1 is 1.21 bits per heavy atom. The first kappa shape index (κ1) is 20.0. The fraction of sp³-hybridized carbons (Fsp3) is 0.273. The Morgan fingerprint density at radius 2 is 1.96 bits per heavy atom. The van der Waals surface area contributed by atoms with E-state index in [9.17, 15) is 9.59 Å². The molecule has 0 radical (unpaired) electrons. The van der Waals surface area contributed by atoms with Crippen LogP contribution in [-0.2, 0) is 9.59 Å². The molecule has 0 unspecified atom stereocenters. The third-order valence-corrected chi connectivity index (χ3v) is 5.45. The van der Waals surface area contributed by atoms with Crippen LogP contribution in [0.1, 0.15) is 38.3 Å². The van der Waals surface area contributed by atoms with Crippen molar-refractivity contribution < 1.29 is 14.3 Å². The summed E-state index contributed by atoms with van der Waals surface area (Å²) in [6.45, 7) is 4.74. The van der Waals surface area contributed by atoms with Gasteiger partial charge in [0.05, 0.1) is 23.2 Å². The molecule has 0 bridgehead atoms. The number of anilines is 1. The number of carbonyl (C=O) groups excluding carboxylic acids is 2. The van der Waals surface area contributed by atoms with Crippen molar-refractivity contribution in [1.29, 1.82) is 0 Å². The fourth-order valence-corrected chi connectivity index (χ4v) is 3.67. The van der Waals surface area contributed by atoms with Crippen molar-refractivity contribution in [3.05, 3.63) is 65.1 Å². The van der Waals surface area contributed by atoms with Gasteiger partial charge >= 0.3 is 0 Å². The van der Waals surface area contributed by atoms with Crippen LogP contribution in [0.3, 0.4) is 0 Å². The normalized spacial score (nSPS) is 15.5. The summed E-state index contributed by atoms with van der Waals surface area (Å²) in [5.41, 5.74) is 1.74. The second kappa shape index (κ2) is 9.46. The lowest BCUT2D eigenvalue weighted by Gasteiger charge is -2.18. The van der Waals surface area contributed by atoms with Crippen LogP contribution in [0.4, 0.5) is 5.69 Å². The Morgan fingerprint density at radius 3 is 2.71 bits per heavy atom. The predicted octanol–water partition coefficient (Wildman–Crippen LogP) is 4.67. The summed E-state index contributed by atoms with van der Waals surface area (Å²) in [5.74, 6) is 0.264. The second-order valence-electron chi connectivity index (χ2n) is 6.56. The first-order valence-electron chi connectivity index (χ1n) is 9.40. The highest BCUT2D eigenvalue weighted by molar-refractivity contribution is 8.04. The number of carbonyl (C=O) groups is 2. The number of hydrogen-bond donors (Lipinski definition) is 2. The van der Waals surface area contributed by atoms with Crippen LogP contribution >= 0.6 is 11.8 Å². The van der Waals surface area contributed by atoms with Crippen LogP contribution in [-0.4, -0.2) is 18.4 Å². The zero-order chi connectivity index (χ0) is 19.9. The van der Waals surface area contributed by atoms with E-state index < -0.39 is 0 Å². The molecular formula is C22H24N2O3S. The molecule has 2 N–H and O–H groups in total. The number of amides is 2. The number of unbranched alkanes of at least 4 members (excludes halogenated alkanes) is 1. The summed E-state index contributed by atoms with van der Waals surface area (Å²) >= 11 is 1.30. The molecule has 146 valence electrons. The van der Waals surface area contributed by atoms with Gasteiger partial charge in [0.15, 0.2) is 0 Å². The number of hydrogen-bond acceptors (Lipinski definition) is 4. The standard InChI is InChI=1S/C22H24N2O3S/c1-3-4-13-27-17-11-9-16(10-12-17)15(2)23-21(25)14-20-22(26)24-18-7-5-6-8-19(18)28-20/h5-12,14-15H,3-4,13H2,1-2H3,(H,23,25)(H,24,26)/b20-14-/t15-/m0/s1. The van der Waals surface area contributed by atoms with Gasteiger partial charge < -0.3 is 15.4 Å².